The fourth-order valence-corrected chi connectivity index (χ4v) is 2.67. The first-order chi connectivity index (χ1) is 7.94. The van der Waals surface area contributed by atoms with Crippen LogP contribution in [0.1, 0.15) is 18.2 Å². The molecular weight excluding hydrogens is 258 g/mol. The van der Waals surface area contributed by atoms with Crippen LogP contribution in [0.4, 0.5) is 0 Å². The zero-order valence-corrected chi connectivity index (χ0v) is 11.1. The Kier molecular flexibility index (Phi) is 4.98. The maximum atomic E-state index is 11.5. The highest BCUT2D eigenvalue weighted by molar-refractivity contribution is 7.92. The first-order valence-electron chi connectivity index (χ1n) is 5.13. The van der Waals surface area contributed by atoms with E-state index >= 15 is 0 Å². The van der Waals surface area contributed by atoms with Gasteiger partial charge in [-0.1, -0.05) is 25.2 Å². The summed E-state index contributed by atoms with van der Waals surface area (Å²) >= 11 is 4.57. The van der Waals surface area contributed by atoms with Gasteiger partial charge in [-0.15, -0.1) is 0 Å². The van der Waals surface area contributed by atoms with Gasteiger partial charge in [0.05, 0.1) is 17.2 Å². The Balaban J connectivity index is 2.70. The van der Waals surface area contributed by atoms with Crippen LogP contribution in [0.15, 0.2) is 18.3 Å². The van der Waals surface area contributed by atoms with Crippen LogP contribution in [0.3, 0.4) is 0 Å². The molecule has 0 aliphatic carbocycles. The molecular formula is C10H15N3O2S2. The number of nitrogens with two attached hydrogens (primary N) is 1. The summed E-state index contributed by atoms with van der Waals surface area (Å²) in [4.78, 5) is 4.09. The first kappa shape index (κ1) is 14.0. The van der Waals surface area contributed by atoms with Crippen molar-refractivity contribution >= 4 is 27.2 Å². The second-order valence-corrected chi connectivity index (χ2v) is 5.84. The number of hydrogen-bond acceptors (Lipinski definition) is 4. The molecule has 0 amide bonds. The minimum absolute atomic E-state index is 0.0470. The number of nitrogens with one attached hydrogen (secondary N) is 1. The van der Waals surface area contributed by atoms with Gasteiger partial charge in [-0.25, -0.2) is 13.1 Å². The Morgan fingerprint density at radius 2 is 2.29 bits per heavy atom. The monoisotopic (exact) mass is 273 g/mol. The number of pyridine rings is 1. The van der Waals surface area contributed by atoms with Crippen molar-refractivity contribution in [3.05, 3.63) is 29.6 Å². The summed E-state index contributed by atoms with van der Waals surface area (Å²) in [5, 5.41) is 0. The van der Waals surface area contributed by atoms with Crippen LogP contribution < -0.4 is 10.5 Å². The smallest absolute Gasteiger partial charge is 0.218 e. The van der Waals surface area contributed by atoms with Crippen LogP contribution in [0.25, 0.3) is 0 Å². The van der Waals surface area contributed by atoms with E-state index in [1.165, 1.54) is 0 Å². The molecule has 0 aliphatic rings. The Bertz CT molecular complexity index is 500. The maximum absolute atomic E-state index is 11.5. The topological polar surface area (TPSA) is 85.1 Å². The van der Waals surface area contributed by atoms with E-state index in [4.69, 9.17) is 5.73 Å². The van der Waals surface area contributed by atoms with Crippen LogP contribution in [0, 0.1) is 0 Å². The lowest BCUT2D eigenvalue weighted by Gasteiger charge is -2.08. The minimum atomic E-state index is -3.46. The van der Waals surface area contributed by atoms with E-state index in [0.717, 1.165) is 17.7 Å². The van der Waals surface area contributed by atoms with Crippen LogP contribution >= 0.6 is 12.2 Å². The Morgan fingerprint density at radius 3 is 2.88 bits per heavy atom. The van der Waals surface area contributed by atoms with Crippen LogP contribution in [-0.2, 0) is 23.0 Å². The average molecular weight is 273 g/mol. The Labute approximate surface area is 106 Å². The molecule has 0 spiro atoms. The normalized spacial score (nSPS) is 11.4. The van der Waals surface area contributed by atoms with E-state index in [1.807, 2.05) is 19.1 Å². The highest BCUT2D eigenvalue weighted by Gasteiger charge is 2.12. The molecule has 0 radical (unpaired) electrons. The van der Waals surface area contributed by atoms with Gasteiger partial charge in [-0.05, 0) is 18.1 Å². The molecule has 1 rings (SSSR count). The molecule has 0 unspecified atom stereocenters. The van der Waals surface area contributed by atoms with Crippen molar-refractivity contribution in [3.63, 3.8) is 0 Å². The van der Waals surface area contributed by atoms with Crippen molar-refractivity contribution in [3.8, 4) is 0 Å². The molecule has 1 heterocycles. The van der Waals surface area contributed by atoms with Gasteiger partial charge in [0.1, 0.15) is 5.75 Å². The van der Waals surface area contributed by atoms with Gasteiger partial charge in [0, 0.05) is 6.20 Å². The molecule has 7 heteroatoms. The van der Waals surface area contributed by atoms with Crippen LogP contribution in [0.2, 0.25) is 0 Å². The number of thiocarbonyl (C=S) groups is 1. The molecule has 0 saturated carbocycles. The fraction of sp³-hybridized carbons (Fsp3) is 0.400. The Hall–Kier alpha value is -1.05. The Morgan fingerprint density at radius 1 is 1.59 bits per heavy atom. The van der Waals surface area contributed by atoms with E-state index in [-0.39, 0.29) is 17.3 Å². The summed E-state index contributed by atoms with van der Waals surface area (Å²) in [6.07, 6.45) is 2.44. The molecule has 0 atom stereocenters. The second kappa shape index (κ2) is 6.04. The van der Waals surface area contributed by atoms with Crippen molar-refractivity contribution in [2.75, 3.05) is 5.75 Å². The first-order valence-corrected chi connectivity index (χ1v) is 7.19. The summed E-state index contributed by atoms with van der Waals surface area (Å²) in [5.74, 6) is -0.337. The molecule has 17 heavy (non-hydrogen) atoms. The summed E-state index contributed by atoms with van der Waals surface area (Å²) < 4.78 is 25.4. The molecule has 1 aromatic heterocycles. The summed E-state index contributed by atoms with van der Waals surface area (Å²) in [5.41, 5.74) is 6.94. The largest absolute Gasteiger partial charge is 0.392 e. The molecule has 94 valence electrons. The number of aromatic nitrogens is 1. The number of hydrogen-bond donors (Lipinski definition) is 2. The minimum Gasteiger partial charge on any atom is -0.392 e. The van der Waals surface area contributed by atoms with Gasteiger partial charge >= 0.3 is 0 Å². The zero-order chi connectivity index (χ0) is 12.9. The predicted octanol–water partition coefficient (Wildman–Crippen LogP) is 0.350. The van der Waals surface area contributed by atoms with Gasteiger partial charge in [-0.2, -0.15) is 0 Å². The number of sulfonamides is 1. The standard InChI is InChI=1S/C10H15N3O2S2/c1-2-8-4-3-5-12-9(8)6-13-17(14,15)7-10(11)16/h3-5,13H,2,6-7H2,1H3,(H2,11,16). The molecule has 3 N–H and O–H groups in total. The summed E-state index contributed by atoms with van der Waals surface area (Å²) in [6, 6.07) is 3.75. The van der Waals surface area contributed by atoms with Gasteiger partial charge in [0.2, 0.25) is 10.0 Å². The highest BCUT2D eigenvalue weighted by Crippen LogP contribution is 2.06. The molecule has 0 aliphatic heterocycles. The molecule has 0 saturated heterocycles. The number of rotatable bonds is 6. The molecule has 0 aromatic carbocycles. The van der Waals surface area contributed by atoms with Crippen molar-refractivity contribution in [1.82, 2.24) is 9.71 Å². The van der Waals surface area contributed by atoms with Crippen molar-refractivity contribution in [2.45, 2.75) is 19.9 Å². The van der Waals surface area contributed by atoms with Gasteiger partial charge in [0.15, 0.2) is 0 Å². The molecule has 0 fully saturated rings. The lowest BCUT2D eigenvalue weighted by Crippen LogP contribution is -2.32. The van der Waals surface area contributed by atoms with E-state index in [2.05, 4.69) is 21.9 Å². The van der Waals surface area contributed by atoms with Crippen molar-refractivity contribution < 1.29 is 8.42 Å². The van der Waals surface area contributed by atoms with Crippen LogP contribution in [0.5, 0.6) is 0 Å². The fourth-order valence-electron chi connectivity index (χ4n) is 1.37. The van der Waals surface area contributed by atoms with E-state index in [1.54, 1.807) is 6.20 Å². The van der Waals surface area contributed by atoms with E-state index in [9.17, 15) is 8.42 Å². The summed E-state index contributed by atoms with van der Waals surface area (Å²) in [6.45, 7) is 2.15. The van der Waals surface area contributed by atoms with Crippen LogP contribution in [-0.4, -0.2) is 24.1 Å². The molecule has 1 aromatic rings. The lowest BCUT2D eigenvalue weighted by atomic mass is 10.1. The SMILES string of the molecule is CCc1cccnc1CNS(=O)(=O)CC(N)=S. The third-order valence-corrected chi connectivity index (χ3v) is 3.76. The number of nitrogens with zero attached hydrogens (tertiary/aromatic N) is 1. The number of aryl methyl sites for hydroxylation is 1. The van der Waals surface area contributed by atoms with Gasteiger partial charge < -0.3 is 5.73 Å². The third kappa shape index (κ3) is 4.76. The lowest BCUT2D eigenvalue weighted by molar-refractivity contribution is 0.584. The van der Waals surface area contributed by atoms with Gasteiger partial charge in [0.25, 0.3) is 0 Å². The van der Waals surface area contributed by atoms with Crippen molar-refractivity contribution in [2.24, 2.45) is 5.73 Å². The van der Waals surface area contributed by atoms with Gasteiger partial charge in [-0.3, -0.25) is 4.98 Å². The highest BCUT2D eigenvalue weighted by atomic mass is 32.2. The van der Waals surface area contributed by atoms with Crippen molar-refractivity contribution in [1.29, 1.82) is 0 Å². The summed E-state index contributed by atoms with van der Waals surface area (Å²) in [7, 11) is -3.46. The molecule has 0 bridgehead atoms. The van der Waals surface area contributed by atoms with E-state index < -0.39 is 10.0 Å². The average Bonchev–Trinajstić information content (AvgIpc) is 2.25. The maximum Gasteiger partial charge on any atom is 0.218 e. The predicted molar refractivity (Wildman–Crippen MR) is 71.0 cm³/mol. The quantitative estimate of drug-likeness (QED) is 0.731. The zero-order valence-electron chi connectivity index (χ0n) is 9.51. The molecule has 5 nitrogen and oxygen atoms in total. The third-order valence-electron chi connectivity index (χ3n) is 2.16. The second-order valence-electron chi connectivity index (χ2n) is 3.51. The van der Waals surface area contributed by atoms with E-state index in [0.29, 0.717) is 0 Å².